The number of aliphatic hydroxyl groups excluding tert-OH is 2. The maximum absolute atomic E-state index is 11.6. The van der Waals surface area contributed by atoms with Gasteiger partial charge in [0.15, 0.2) is 0 Å². The summed E-state index contributed by atoms with van der Waals surface area (Å²) in [6.07, 6.45) is 15.2. The summed E-state index contributed by atoms with van der Waals surface area (Å²) in [5, 5.41) is 17.2. The Morgan fingerprint density at radius 3 is 0.827 bits per heavy atom. The summed E-state index contributed by atoms with van der Waals surface area (Å²) in [5.74, 6) is -1.81. The van der Waals surface area contributed by atoms with Crippen molar-refractivity contribution in [3.63, 3.8) is 0 Å². The molecule has 52 heavy (non-hydrogen) atoms. The summed E-state index contributed by atoms with van der Waals surface area (Å²) in [6, 6.07) is 0. The minimum absolute atomic E-state index is 0.162. The molecule has 0 radical (unpaired) electrons. The molecule has 0 atom stereocenters. The van der Waals surface area contributed by atoms with E-state index < -0.39 is 11.9 Å². The summed E-state index contributed by atoms with van der Waals surface area (Å²) in [4.78, 5) is 67.5. The zero-order valence-electron chi connectivity index (χ0n) is 31.2. The quantitative estimate of drug-likeness (QED) is 0.0368. The predicted molar refractivity (Wildman–Crippen MR) is 193 cm³/mol. The molecule has 0 aliphatic rings. The molecule has 0 aromatic carbocycles. The van der Waals surface area contributed by atoms with E-state index in [0.29, 0.717) is 117 Å². The van der Waals surface area contributed by atoms with Crippen molar-refractivity contribution in [2.75, 3.05) is 52.9 Å². The largest absolute Gasteiger partial charge is 0.466 e. The number of ether oxygens (including phenoxy) is 6. The molecular weight excluding hydrogens is 680 g/mol. The number of esters is 6. The van der Waals surface area contributed by atoms with Crippen LogP contribution in [0.4, 0.5) is 0 Å². The van der Waals surface area contributed by atoms with Gasteiger partial charge in [0.1, 0.15) is 0 Å². The first kappa shape index (κ1) is 50.3. The van der Waals surface area contributed by atoms with Crippen LogP contribution in [0.2, 0.25) is 0 Å². The molecule has 0 aliphatic heterocycles. The minimum Gasteiger partial charge on any atom is -0.466 e. The highest BCUT2D eigenvalue weighted by Crippen LogP contribution is 2.06. The van der Waals surface area contributed by atoms with Gasteiger partial charge in [0, 0.05) is 51.0 Å². The highest BCUT2D eigenvalue weighted by molar-refractivity contribution is 5.81. The molecule has 0 rings (SSSR count). The van der Waals surface area contributed by atoms with E-state index in [4.69, 9.17) is 38.6 Å². The van der Waals surface area contributed by atoms with E-state index in [1.165, 1.54) is 0 Å². The number of carbonyl (C=O) groups is 6. The van der Waals surface area contributed by atoms with E-state index in [-0.39, 0.29) is 37.1 Å². The fraction of sp³-hybridized carbons (Fsp3) is 0.737. The third kappa shape index (κ3) is 40.6. The molecule has 14 nitrogen and oxygen atoms in total. The molecule has 0 amide bonds. The van der Waals surface area contributed by atoms with Gasteiger partial charge in [-0.25, -0.2) is 9.59 Å². The van der Waals surface area contributed by atoms with Gasteiger partial charge in [0.05, 0.1) is 39.6 Å². The number of hydrogen-bond acceptors (Lipinski definition) is 14. The van der Waals surface area contributed by atoms with Crippen LogP contribution < -0.4 is 0 Å². The monoisotopic (exact) mass is 744 g/mol. The van der Waals surface area contributed by atoms with Gasteiger partial charge in [0.25, 0.3) is 0 Å². The molecule has 0 fully saturated rings. The molecule has 0 saturated carbocycles. The van der Waals surface area contributed by atoms with Crippen LogP contribution in [0.15, 0.2) is 25.3 Å². The maximum atomic E-state index is 11.6. The molecule has 0 bridgehead atoms. The van der Waals surface area contributed by atoms with E-state index in [1.54, 1.807) is 0 Å². The van der Waals surface area contributed by atoms with Gasteiger partial charge in [-0.2, -0.15) is 0 Å². The minimum atomic E-state index is -0.441. The smallest absolute Gasteiger partial charge is 0.330 e. The zero-order chi connectivity index (χ0) is 38.9. The predicted octanol–water partition coefficient (Wildman–Crippen LogP) is 5.39. The van der Waals surface area contributed by atoms with Crippen molar-refractivity contribution in [2.45, 2.75) is 128 Å². The Kier molecular flexibility index (Phi) is 38.7. The van der Waals surface area contributed by atoms with Crippen molar-refractivity contribution >= 4 is 35.8 Å². The number of unbranched alkanes of at least 4 members (excludes halogenated alkanes) is 10. The second-order valence-electron chi connectivity index (χ2n) is 11.7. The van der Waals surface area contributed by atoms with E-state index in [0.717, 1.165) is 63.5 Å². The number of aliphatic hydroxyl groups is 2. The standard InChI is InChI=1S/C22H34O8.C16H30O6/c1-3-19(23)27-15-9-5-7-13-21(25)29-17-11-12-18-30-22(26)14-8-6-10-16-28-20(24)4-2;17-11-5-1-3-9-15(19)21-13-7-8-14-22-16(20)10-4-2-6-12-18/h3-4H,1-2,5-18H2;17-18H,1-14H2. The second kappa shape index (κ2) is 40.0. The highest BCUT2D eigenvalue weighted by atomic mass is 16.6. The second-order valence-corrected chi connectivity index (χ2v) is 11.7. The average Bonchev–Trinajstić information content (AvgIpc) is 3.14. The molecule has 0 spiro atoms. The molecule has 0 heterocycles. The van der Waals surface area contributed by atoms with Gasteiger partial charge in [-0.15, -0.1) is 0 Å². The lowest BCUT2D eigenvalue weighted by Gasteiger charge is -2.07. The Hall–Kier alpha value is -3.78. The van der Waals surface area contributed by atoms with Gasteiger partial charge in [-0.3, -0.25) is 19.2 Å². The van der Waals surface area contributed by atoms with Crippen LogP contribution in [0, 0.1) is 0 Å². The van der Waals surface area contributed by atoms with Crippen molar-refractivity contribution < 1.29 is 67.4 Å². The van der Waals surface area contributed by atoms with Gasteiger partial charge in [-0.05, 0) is 89.9 Å². The topological polar surface area (TPSA) is 198 Å². The number of rotatable bonds is 34. The third-order valence-electron chi connectivity index (χ3n) is 7.08. The van der Waals surface area contributed by atoms with Crippen LogP contribution in [-0.4, -0.2) is 98.9 Å². The molecular formula is C38H64O14. The molecule has 0 unspecified atom stereocenters. The number of hydrogen-bond donors (Lipinski definition) is 2. The van der Waals surface area contributed by atoms with Gasteiger partial charge < -0.3 is 38.6 Å². The molecule has 300 valence electrons. The summed E-state index contributed by atoms with van der Waals surface area (Å²) >= 11 is 0. The molecule has 0 saturated heterocycles. The SMILES string of the molecule is C=CC(=O)OCCCCCC(=O)OCCCCOC(=O)CCCCCOC(=O)C=C.O=C(CCCCCO)OCCCCOC(=O)CCCCCO. The molecule has 0 aromatic rings. The molecule has 0 aromatic heterocycles. The Morgan fingerprint density at radius 2 is 0.577 bits per heavy atom. The third-order valence-corrected chi connectivity index (χ3v) is 7.08. The van der Waals surface area contributed by atoms with Gasteiger partial charge in [0.2, 0.25) is 0 Å². The highest BCUT2D eigenvalue weighted by Gasteiger charge is 2.07. The Balaban J connectivity index is 0. The zero-order valence-corrected chi connectivity index (χ0v) is 31.2. The summed E-state index contributed by atoms with van der Waals surface area (Å²) in [5.41, 5.74) is 0. The number of carbonyl (C=O) groups excluding carboxylic acids is 6. The average molecular weight is 745 g/mol. The van der Waals surface area contributed by atoms with Crippen LogP contribution in [0.1, 0.15) is 128 Å². The van der Waals surface area contributed by atoms with Crippen LogP contribution in [0.25, 0.3) is 0 Å². The van der Waals surface area contributed by atoms with E-state index in [9.17, 15) is 28.8 Å². The van der Waals surface area contributed by atoms with Crippen LogP contribution in [-0.2, 0) is 57.2 Å². The fourth-order valence-electron chi connectivity index (χ4n) is 4.12. The Labute approximate surface area is 309 Å². The van der Waals surface area contributed by atoms with Crippen molar-refractivity contribution in [2.24, 2.45) is 0 Å². The van der Waals surface area contributed by atoms with Crippen molar-refractivity contribution in [1.29, 1.82) is 0 Å². The summed E-state index contributed by atoms with van der Waals surface area (Å²) in [6.45, 7) is 8.90. The molecule has 0 aliphatic carbocycles. The first-order valence-corrected chi connectivity index (χ1v) is 18.6. The molecule has 14 heteroatoms. The van der Waals surface area contributed by atoms with E-state index in [1.807, 2.05) is 0 Å². The lowest BCUT2D eigenvalue weighted by Crippen LogP contribution is -2.09. The first-order chi connectivity index (χ1) is 25.2. The normalized spacial score (nSPS) is 10.2. The Bertz CT molecular complexity index is 889. The lowest BCUT2D eigenvalue weighted by atomic mass is 10.2. The summed E-state index contributed by atoms with van der Waals surface area (Å²) < 4.78 is 30.0. The van der Waals surface area contributed by atoms with Crippen molar-refractivity contribution in [1.82, 2.24) is 0 Å². The van der Waals surface area contributed by atoms with Gasteiger partial charge in [-0.1, -0.05) is 26.0 Å². The van der Waals surface area contributed by atoms with Crippen LogP contribution in [0.5, 0.6) is 0 Å². The van der Waals surface area contributed by atoms with Gasteiger partial charge >= 0.3 is 35.8 Å². The Morgan fingerprint density at radius 1 is 0.346 bits per heavy atom. The molecule has 2 N–H and O–H groups in total. The summed E-state index contributed by atoms with van der Waals surface area (Å²) in [7, 11) is 0. The van der Waals surface area contributed by atoms with Crippen molar-refractivity contribution in [3.8, 4) is 0 Å². The van der Waals surface area contributed by atoms with Crippen molar-refractivity contribution in [3.05, 3.63) is 25.3 Å². The lowest BCUT2D eigenvalue weighted by molar-refractivity contribution is -0.146. The fourth-order valence-corrected chi connectivity index (χ4v) is 4.12. The van der Waals surface area contributed by atoms with Crippen LogP contribution >= 0.6 is 0 Å². The first-order valence-electron chi connectivity index (χ1n) is 18.6. The van der Waals surface area contributed by atoms with E-state index in [2.05, 4.69) is 13.2 Å². The van der Waals surface area contributed by atoms with E-state index >= 15 is 0 Å². The van der Waals surface area contributed by atoms with Crippen LogP contribution in [0.3, 0.4) is 0 Å². The maximum Gasteiger partial charge on any atom is 0.330 e.